The molecule has 0 amide bonds. The standard InChI is InChI=1S/2C12H13.C2H7Si.2CH3.Zr/c2*1-3-11-9(2)8-10-6-4-5-7-12(10)11;1-3-2;;;/h2*4-8H,3H2,1-2H3;3H,1-2H3;2*1H3;. The summed E-state index contributed by atoms with van der Waals surface area (Å²) in [6.07, 6.45) is 2.31. The molecular formula is C28H39SiZr. The van der Waals surface area contributed by atoms with Gasteiger partial charge in [0.25, 0.3) is 0 Å². The van der Waals surface area contributed by atoms with E-state index in [2.05, 4.69) is 98.6 Å². The summed E-state index contributed by atoms with van der Waals surface area (Å²) in [7, 11) is 0. The first-order valence-electron chi connectivity index (χ1n) is 12.0. The second kappa shape index (κ2) is 7.56. The van der Waals surface area contributed by atoms with Gasteiger partial charge in [0.1, 0.15) is 0 Å². The van der Waals surface area contributed by atoms with Crippen LogP contribution in [0.2, 0.25) is 22.4 Å². The third kappa shape index (κ3) is 2.79. The van der Waals surface area contributed by atoms with Gasteiger partial charge in [-0.1, -0.05) is 0 Å². The fourth-order valence-corrected chi connectivity index (χ4v) is 38.1. The Hall–Kier alpha value is -0.980. The summed E-state index contributed by atoms with van der Waals surface area (Å²) >= 11 is -3.39. The van der Waals surface area contributed by atoms with E-state index in [4.69, 9.17) is 0 Å². The van der Waals surface area contributed by atoms with Gasteiger partial charge in [-0.3, -0.25) is 0 Å². The minimum absolute atomic E-state index is 0.688. The molecule has 4 rings (SSSR count). The first-order chi connectivity index (χ1) is 14.2. The van der Waals surface area contributed by atoms with Crippen LogP contribution in [0.4, 0.5) is 0 Å². The van der Waals surface area contributed by atoms with Gasteiger partial charge in [0.2, 0.25) is 0 Å². The van der Waals surface area contributed by atoms with E-state index in [0.717, 1.165) is 12.8 Å². The molecule has 0 fully saturated rings. The molecule has 0 aromatic heterocycles. The average molecular weight is 495 g/mol. The predicted octanol–water partition coefficient (Wildman–Crippen LogP) is 8.63. The Kier molecular flexibility index (Phi) is 5.60. The summed E-state index contributed by atoms with van der Waals surface area (Å²) in [6.45, 7) is 15.1. The van der Waals surface area contributed by atoms with Crippen LogP contribution in [0.3, 0.4) is 0 Å². The van der Waals surface area contributed by atoms with E-state index in [0.29, 0.717) is 7.25 Å². The number of benzene rings is 2. The predicted molar refractivity (Wildman–Crippen MR) is 135 cm³/mol. The second-order valence-electron chi connectivity index (χ2n) is 11.0. The van der Waals surface area contributed by atoms with Crippen molar-refractivity contribution in [2.45, 2.75) is 70.1 Å². The molecule has 0 bridgehead atoms. The molecule has 0 saturated carbocycles. The summed E-state index contributed by atoms with van der Waals surface area (Å²) in [6, 6.07) is 18.8. The molecule has 159 valence electrons. The van der Waals surface area contributed by atoms with Crippen LogP contribution in [0.1, 0.15) is 70.0 Å². The number of hydrogen-bond acceptors (Lipinski definition) is 0. The van der Waals surface area contributed by atoms with Crippen LogP contribution in [-0.4, -0.2) is 5.92 Å². The number of hydrogen-bond donors (Lipinski definition) is 0. The van der Waals surface area contributed by atoms with E-state index in [1.165, 1.54) is 0 Å². The van der Waals surface area contributed by atoms with Crippen molar-refractivity contribution in [3.05, 3.63) is 81.9 Å². The van der Waals surface area contributed by atoms with Crippen LogP contribution in [-0.2, 0) is 17.9 Å². The van der Waals surface area contributed by atoms with Gasteiger partial charge < -0.3 is 0 Å². The van der Waals surface area contributed by atoms with Gasteiger partial charge in [-0.05, 0) is 0 Å². The van der Waals surface area contributed by atoms with E-state index < -0.39 is 23.9 Å². The Morgan fingerprint density at radius 2 is 1.07 bits per heavy atom. The summed E-state index contributed by atoms with van der Waals surface area (Å²) in [5.41, 5.74) is 13.2. The Balaban J connectivity index is 2.06. The summed E-state index contributed by atoms with van der Waals surface area (Å²) < 4.78 is 7.11. The van der Waals surface area contributed by atoms with Crippen molar-refractivity contribution in [1.29, 1.82) is 0 Å². The molecule has 2 aliphatic carbocycles. The quantitative estimate of drug-likeness (QED) is 0.365. The molecule has 2 aliphatic rings. The zero-order valence-electron chi connectivity index (χ0n) is 20.3. The maximum atomic E-state index is 2.87. The SMILES string of the molecule is CCC1=C(C)[CH]([Zr]([CH3])([CH3])([CH]2C(C)=C(CC)c3ccccc32)[SiH](C)C)c2ccccc21. The van der Waals surface area contributed by atoms with Crippen LogP contribution in [0, 0.1) is 0 Å². The number of allylic oxidation sites excluding steroid dienone is 4. The monoisotopic (exact) mass is 493 g/mol. The van der Waals surface area contributed by atoms with E-state index in [9.17, 15) is 0 Å². The molecule has 0 heterocycles. The summed E-state index contributed by atoms with van der Waals surface area (Å²) in [5.74, 6) is -0.952. The van der Waals surface area contributed by atoms with Crippen LogP contribution in [0.25, 0.3) is 11.1 Å². The van der Waals surface area contributed by atoms with Crippen molar-refractivity contribution in [2.24, 2.45) is 0 Å². The molecule has 30 heavy (non-hydrogen) atoms. The van der Waals surface area contributed by atoms with Gasteiger partial charge in [-0.25, -0.2) is 0 Å². The molecule has 2 aromatic carbocycles. The third-order valence-electron chi connectivity index (χ3n) is 9.36. The van der Waals surface area contributed by atoms with Crippen molar-refractivity contribution in [3.63, 3.8) is 0 Å². The van der Waals surface area contributed by atoms with E-state index in [1.54, 1.807) is 44.5 Å². The normalized spacial score (nSPS) is 22.4. The van der Waals surface area contributed by atoms with Crippen molar-refractivity contribution < 1.29 is 17.9 Å². The van der Waals surface area contributed by atoms with Gasteiger partial charge >= 0.3 is 187 Å². The minimum atomic E-state index is -3.39. The van der Waals surface area contributed by atoms with E-state index in [-0.39, 0.29) is 0 Å². The van der Waals surface area contributed by atoms with Gasteiger partial charge in [-0.2, -0.15) is 0 Å². The number of fused-ring (bicyclic) bond motifs is 2. The Morgan fingerprint density at radius 3 is 1.40 bits per heavy atom. The molecule has 0 radical (unpaired) electrons. The van der Waals surface area contributed by atoms with E-state index >= 15 is 0 Å². The Labute approximate surface area is 186 Å². The fourth-order valence-electron chi connectivity index (χ4n) is 7.41. The average Bonchev–Trinajstić information content (AvgIpc) is 3.18. The van der Waals surface area contributed by atoms with E-state index in [1.807, 2.05) is 0 Å². The van der Waals surface area contributed by atoms with Crippen LogP contribution < -0.4 is 0 Å². The van der Waals surface area contributed by atoms with Crippen molar-refractivity contribution in [2.75, 3.05) is 0 Å². The molecule has 0 aliphatic heterocycles. The molecule has 0 saturated heterocycles. The summed E-state index contributed by atoms with van der Waals surface area (Å²) in [5, 5.41) is 0. The first kappa shape index (κ1) is 22.2. The molecule has 0 nitrogen and oxygen atoms in total. The fraction of sp³-hybridized carbons (Fsp3) is 0.429. The third-order valence-corrected chi connectivity index (χ3v) is 56.4. The Morgan fingerprint density at radius 1 is 0.700 bits per heavy atom. The molecule has 2 atom stereocenters. The second-order valence-corrected chi connectivity index (χ2v) is 48.8. The zero-order chi connectivity index (χ0) is 21.9. The van der Waals surface area contributed by atoms with Crippen molar-refractivity contribution in [3.8, 4) is 0 Å². The molecule has 0 N–H and O–H groups in total. The molecule has 0 spiro atoms. The number of rotatable bonds is 5. The molecule has 2 unspecified atom stereocenters. The zero-order valence-corrected chi connectivity index (χ0v) is 23.9. The van der Waals surface area contributed by atoms with Gasteiger partial charge in [-0.15, -0.1) is 0 Å². The topological polar surface area (TPSA) is 0 Å². The molecule has 2 heteroatoms. The Bertz CT molecular complexity index is 990. The molecular weight excluding hydrogens is 456 g/mol. The maximum absolute atomic E-state index is 3.39. The van der Waals surface area contributed by atoms with Crippen LogP contribution in [0.5, 0.6) is 0 Å². The van der Waals surface area contributed by atoms with Crippen LogP contribution in [0.15, 0.2) is 59.7 Å². The van der Waals surface area contributed by atoms with Crippen molar-refractivity contribution >= 4 is 17.1 Å². The van der Waals surface area contributed by atoms with Crippen molar-refractivity contribution in [1.82, 2.24) is 0 Å². The van der Waals surface area contributed by atoms with Gasteiger partial charge in [0.05, 0.1) is 0 Å². The molecule has 2 aromatic rings. The first-order valence-corrected chi connectivity index (χ1v) is 26.9. The van der Waals surface area contributed by atoms with Gasteiger partial charge in [0, 0.05) is 0 Å². The van der Waals surface area contributed by atoms with Crippen LogP contribution >= 0.6 is 0 Å². The summed E-state index contributed by atoms with van der Waals surface area (Å²) in [4.78, 5) is 0. The van der Waals surface area contributed by atoms with Gasteiger partial charge in [0.15, 0.2) is 0 Å².